The molecule has 1 fully saturated rings. The average molecular weight is 393 g/mol. The van der Waals surface area contributed by atoms with E-state index in [-0.39, 0.29) is 16.6 Å². The first-order valence-corrected chi connectivity index (χ1v) is 10.5. The minimum atomic E-state index is -3.77. The number of ether oxygens (including phenoxy) is 1. The van der Waals surface area contributed by atoms with Crippen LogP contribution in [0.15, 0.2) is 33.6 Å². The van der Waals surface area contributed by atoms with Gasteiger partial charge in [0.25, 0.3) is 15.9 Å². The standard InChI is InChI=1S/C18H23N3O5S/c1-3-19-17(22)12(2)26-18(23)14-9-6-7-11-21(14)16-13-8-4-5-10-15(13)27(24,25)20-16/h4-5,8,10,12,14H,3,6-7,9,11H2,1-2H3,(H,19,22)/t12-,14-/m1/s1. The summed E-state index contributed by atoms with van der Waals surface area (Å²) in [5.74, 6) is -0.629. The number of likely N-dealkylation sites (N-methyl/N-ethyl adjacent to an activating group) is 1. The molecule has 0 saturated carbocycles. The summed E-state index contributed by atoms with van der Waals surface area (Å²) in [6.45, 7) is 4.24. The number of fused-ring (bicyclic) bond motifs is 1. The molecule has 0 bridgehead atoms. The molecule has 0 spiro atoms. The van der Waals surface area contributed by atoms with Crippen LogP contribution in [-0.2, 0) is 24.3 Å². The second-order valence-corrected chi connectivity index (χ2v) is 8.14. The largest absolute Gasteiger partial charge is 0.451 e. The lowest BCUT2D eigenvalue weighted by Crippen LogP contribution is -2.50. The van der Waals surface area contributed by atoms with Crippen molar-refractivity contribution in [1.29, 1.82) is 0 Å². The quantitative estimate of drug-likeness (QED) is 0.767. The van der Waals surface area contributed by atoms with Gasteiger partial charge in [0.15, 0.2) is 11.9 Å². The molecule has 0 aromatic heterocycles. The van der Waals surface area contributed by atoms with Gasteiger partial charge in [0.2, 0.25) is 0 Å². The monoisotopic (exact) mass is 393 g/mol. The molecular formula is C18H23N3O5S. The summed E-state index contributed by atoms with van der Waals surface area (Å²) >= 11 is 0. The Bertz CT molecular complexity index is 881. The van der Waals surface area contributed by atoms with E-state index in [4.69, 9.17) is 4.74 Å². The number of amides is 1. The molecule has 9 heteroatoms. The van der Waals surface area contributed by atoms with Crippen molar-refractivity contribution in [2.24, 2.45) is 4.40 Å². The number of hydrogen-bond acceptors (Lipinski definition) is 6. The van der Waals surface area contributed by atoms with Crippen molar-refractivity contribution < 1.29 is 22.7 Å². The van der Waals surface area contributed by atoms with Gasteiger partial charge in [-0.1, -0.05) is 12.1 Å². The molecule has 1 aromatic carbocycles. The van der Waals surface area contributed by atoms with E-state index in [9.17, 15) is 18.0 Å². The normalized spacial score (nSPS) is 21.8. The third kappa shape index (κ3) is 3.83. The molecule has 1 N–H and O–H groups in total. The van der Waals surface area contributed by atoms with Gasteiger partial charge in [-0.2, -0.15) is 8.42 Å². The van der Waals surface area contributed by atoms with Gasteiger partial charge in [0.05, 0.1) is 0 Å². The number of nitrogens with one attached hydrogen (secondary N) is 1. The number of piperidine rings is 1. The van der Waals surface area contributed by atoms with E-state index in [0.29, 0.717) is 25.1 Å². The van der Waals surface area contributed by atoms with Crippen molar-refractivity contribution in [3.05, 3.63) is 29.8 Å². The zero-order chi connectivity index (χ0) is 19.6. The molecule has 146 valence electrons. The Kier molecular flexibility index (Phi) is 5.50. The van der Waals surface area contributed by atoms with Crippen LogP contribution in [0.5, 0.6) is 0 Å². The van der Waals surface area contributed by atoms with Crippen LogP contribution in [0.4, 0.5) is 0 Å². The first-order chi connectivity index (χ1) is 12.8. The maximum absolute atomic E-state index is 12.7. The molecule has 0 radical (unpaired) electrons. The Morgan fingerprint density at radius 2 is 2.07 bits per heavy atom. The van der Waals surface area contributed by atoms with Crippen LogP contribution < -0.4 is 5.32 Å². The summed E-state index contributed by atoms with van der Waals surface area (Å²) in [5, 5.41) is 2.61. The Morgan fingerprint density at radius 3 is 2.81 bits per heavy atom. The van der Waals surface area contributed by atoms with E-state index in [2.05, 4.69) is 9.71 Å². The Labute approximate surface area is 158 Å². The molecule has 1 aromatic rings. The van der Waals surface area contributed by atoms with Gasteiger partial charge in [-0.25, -0.2) is 4.79 Å². The maximum atomic E-state index is 12.7. The molecule has 1 saturated heterocycles. The smallest absolute Gasteiger partial charge is 0.329 e. The van der Waals surface area contributed by atoms with Crippen LogP contribution in [0.1, 0.15) is 38.7 Å². The van der Waals surface area contributed by atoms with Crippen LogP contribution >= 0.6 is 0 Å². The molecular weight excluding hydrogens is 370 g/mol. The minimum absolute atomic E-state index is 0.147. The Hall–Kier alpha value is -2.42. The SMILES string of the molecule is CCNC(=O)[C@@H](C)OC(=O)[C@H]1CCCCN1C1=NS(=O)(=O)c2ccccc21. The summed E-state index contributed by atoms with van der Waals surface area (Å²) in [5.41, 5.74) is 0.494. The van der Waals surface area contributed by atoms with Crippen molar-refractivity contribution in [3.8, 4) is 0 Å². The third-order valence-electron chi connectivity index (χ3n) is 4.67. The van der Waals surface area contributed by atoms with Crippen LogP contribution in [0.2, 0.25) is 0 Å². The molecule has 1 amide bonds. The van der Waals surface area contributed by atoms with Crippen LogP contribution in [0.25, 0.3) is 0 Å². The molecule has 2 atom stereocenters. The Balaban J connectivity index is 1.85. The number of nitrogens with zero attached hydrogens (tertiary/aromatic N) is 2. The second kappa shape index (κ2) is 7.67. The van der Waals surface area contributed by atoms with E-state index in [0.717, 1.165) is 12.8 Å². The highest BCUT2D eigenvalue weighted by Crippen LogP contribution is 2.31. The van der Waals surface area contributed by atoms with Gasteiger partial charge in [-0.15, -0.1) is 4.40 Å². The summed E-state index contributed by atoms with van der Waals surface area (Å²) in [7, 11) is -3.77. The molecule has 2 heterocycles. The molecule has 2 aliphatic heterocycles. The molecule has 27 heavy (non-hydrogen) atoms. The van der Waals surface area contributed by atoms with E-state index >= 15 is 0 Å². The molecule has 2 aliphatic rings. The van der Waals surface area contributed by atoms with Crippen molar-refractivity contribution >= 4 is 27.7 Å². The van der Waals surface area contributed by atoms with Crippen LogP contribution in [0.3, 0.4) is 0 Å². The number of rotatable bonds is 4. The number of hydrogen-bond donors (Lipinski definition) is 1. The number of benzene rings is 1. The predicted octanol–water partition coefficient (Wildman–Crippen LogP) is 1.06. The first kappa shape index (κ1) is 19.3. The van der Waals surface area contributed by atoms with Gasteiger partial charge in [-0.05, 0) is 45.2 Å². The fourth-order valence-electron chi connectivity index (χ4n) is 3.35. The molecule has 0 unspecified atom stereocenters. The number of carbonyl (C=O) groups excluding carboxylic acids is 2. The van der Waals surface area contributed by atoms with Crippen LogP contribution in [-0.4, -0.2) is 56.3 Å². The van der Waals surface area contributed by atoms with E-state index in [1.807, 2.05) is 0 Å². The Morgan fingerprint density at radius 1 is 1.33 bits per heavy atom. The topological polar surface area (TPSA) is 105 Å². The van der Waals surface area contributed by atoms with E-state index in [1.54, 1.807) is 30.0 Å². The average Bonchev–Trinajstić information content (AvgIpc) is 2.93. The summed E-state index contributed by atoms with van der Waals surface area (Å²) < 4.78 is 33.9. The molecule has 8 nitrogen and oxygen atoms in total. The fraction of sp³-hybridized carbons (Fsp3) is 0.500. The summed E-state index contributed by atoms with van der Waals surface area (Å²) in [6, 6.07) is 5.91. The lowest BCUT2D eigenvalue weighted by atomic mass is 10.0. The second-order valence-electron chi connectivity index (χ2n) is 6.56. The van der Waals surface area contributed by atoms with E-state index < -0.39 is 28.1 Å². The fourth-order valence-corrected chi connectivity index (χ4v) is 4.57. The van der Waals surface area contributed by atoms with Gasteiger partial charge in [0, 0.05) is 18.7 Å². The molecule has 3 rings (SSSR count). The van der Waals surface area contributed by atoms with Crippen molar-refractivity contribution in [2.75, 3.05) is 13.1 Å². The molecule has 0 aliphatic carbocycles. The number of likely N-dealkylation sites (tertiary alicyclic amines) is 1. The van der Waals surface area contributed by atoms with Gasteiger partial charge in [0.1, 0.15) is 10.9 Å². The number of sulfonamides is 1. The van der Waals surface area contributed by atoms with Gasteiger partial charge < -0.3 is 15.0 Å². The summed E-state index contributed by atoms with van der Waals surface area (Å²) in [6.07, 6.45) is 1.23. The van der Waals surface area contributed by atoms with Gasteiger partial charge >= 0.3 is 5.97 Å². The van der Waals surface area contributed by atoms with Crippen LogP contribution in [0, 0.1) is 0 Å². The number of carbonyl (C=O) groups is 2. The first-order valence-electron chi connectivity index (χ1n) is 9.04. The number of esters is 1. The zero-order valence-corrected chi connectivity index (χ0v) is 16.2. The minimum Gasteiger partial charge on any atom is -0.451 e. The van der Waals surface area contributed by atoms with Crippen molar-refractivity contribution in [3.63, 3.8) is 0 Å². The van der Waals surface area contributed by atoms with Crippen molar-refractivity contribution in [1.82, 2.24) is 10.2 Å². The lowest BCUT2D eigenvalue weighted by Gasteiger charge is -2.35. The highest BCUT2D eigenvalue weighted by molar-refractivity contribution is 7.90. The lowest BCUT2D eigenvalue weighted by molar-refractivity contribution is -0.159. The zero-order valence-electron chi connectivity index (χ0n) is 15.3. The maximum Gasteiger partial charge on any atom is 0.329 e. The van der Waals surface area contributed by atoms with Crippen molar-refractivity contribution in [2.45, 2.75) is 50.2 Å². The van der Waals surface area contributed by atoms with E-state index in [1.165, 1.54) is 13.0 Å². The predicted molar refractivity (Wildman–Crippen MR) is 98.7 cm³/mol. The highest BCUT2D eigenvalue weighted by Gasteiger charge is 2.39. The highest BCUT2D eigenvalue weighted by atomic mass is 32.2. The number of amidine groups is 1. The third-order valence-corrected chi connectivity index (χ3v) is 6.00. The summed E-state index contributed by atoms with van der Waals surface area (Å²) in [4.78, 5) is 26.4. The van der Waals surface area contributed by atoms with Gasteiger partial charge in [-0.3, -0.25) is 4.79 Å².